The van der Waals surface area contributed by atoms with Crippen molar-refractivity contribution in [2.75, 3.05) is 13.2 Å². The average Bonchev–Trinajstić information content (AvgIpc) is 2.72. The van der Waals surface area contributed by atoms with Gasteiger partial charge < -0.3 is 9.47 Å². The Morgan fingerprint density at radius 1 is 0.615 bits per heavy atom. The van der Waals surface area contributed by atoms with Crippen molar-refractivity contribution < 1.29 is 19.1 Å². The van der Waals surface area contributed by atoms with E-state index in [1.807, 2.05) is 0 Å². The fraction of sp³-hybridized carbons (Fsp3) is 0.909. The van der Waals surface area contributed by atoms with Crippen LogP contribution in [0.4, 0.5) is 0 Å². The quantitative estimate of drug-likeness (QED) is 0.481. The van der Waals surface area contributed by atoms with Gasteiger partial charge in [-0.3, -0.25) is 9.59 Å². The maximum absolute atomic E-state index is 12.9. The molecular weight excluding hydrogens is 328 g/mol. The molecule has 0 saturated heterocycles. The molecule has 3 aliphatic carbocycles. The highest BCUT2D eigenvalue weighted by molar-refractivity contribution is 6.00. The number of rotatable bonds is 6. The van der Waals surface area contributed by atoms with Gasteiger partial charge in [0, 0.05) is 0 Å². The lowest BCUT2D eigenvalue weighted by Crippen LogP contribution is -2.44. The Hall–Kier alpha value is -1.06. The molecule has 0 amide bonds. The number of ether oxygens (including phenoxy) is 2. The number of esters is 2. The van der Waals surface area contributed by atoms with Crippen LogP contribution in [-0.2, 0) is 19.1 Å². The van der Waals surface area contributed by atoms with Crippen molar-refractivity contribution in [1.29, 1.82) is 0 Å². The van der Waals surface area contributed by atoms with Crippen molar-refractivity contribution in [2.24, 2.45) is 17.3 Å². The SMILES string of the molecule is O=C(OCC1CCCCC1)C1(C(=O)OCC2CCCCC2)CCCCC1. The van der Waals surface area contributed by atoms with Gasteiger partial charge in [0.1, 0.15) is 0 Å². The summed E-state index contributed by atoms with van der Waals surface area (Å²) < 4.78 is 11.4. The number of hydrogen-bond acceptors (Lipinski definition) is 4. The summed E-state index contributed by atoms with van der Waals surface area (Å²) in [5.74, 6) is 0.339. The van der Waals surface area contributed by atoms with Crippen molar-refractivity contribution >= 4 is 11.9 Å². The Balaban J connectivity index is 1.55. The average molecular weight is 365 g/mol. The Kier molecular flexibility index (Phi) is 7.39. The summed E-state index contributed by atoms with van der Waals surface area (Å²) in [5.41, 5.74) is -1.03. The molecule has 0 unspecified atom stereocenters. The second kappa shape index (κ2) is 9.75. The van der Waals surface area contributed by atoms with Gasteiger partial charge in [0.25, 0.3) is 0 Å². The fourth-order valence-corrected chi connectivity index (χ4v) is 5.02. The molecule has 0 atom stereocenters. The van der Waals surface area contributed by atoms with Crippen LogP contribution in [0, 0.1) is 17.3 Å². The van der Waals surface area contributed by atoms with Gasteiger partial charge in [0.2, 0.25) is 0 Å². The number of carbonyl (C=O) groups is 2. The topological polar surface area (TPSA) is 52.6 Å². The largest absolute Gasteiger partial charge is 0.465 e. The summed E-state index contributed by atoms with van der Waals surface area (Å²) >= 11 is 0. The van der Waals surface area contributed by atoms with E-state index < -0.39 is 5.41 Å². The lowest BCUT2D eigenvalue weighted by molar-refractivity contribution is -0.177. The van der Waals surface area contributed by atoms with Crippen molar-refractivity contribution in [1.82, 2.24) is 0 Å². The molecule has 4 nitrogen and oxygen atoms in total. The van der Waals surface area contributed by atoms with Crippen LogP contribution in [0.1, 0.15) is 96.3 Å². The summed E-state index contributed by atoms with van der Waals surface area (Å²) in [5, 5.41) is 0. The third-order valence-electron chi connectivity index (χ3n) is 6.84. The summed E-state index contributed by atoms with van der Waals surface area (Å²) in [7, 11) is 0. The summed E-state index contributed by atoms with van der Waals surface area (Å²) in [6.07, 6.45) is 16.2. The second-order valence-electron chi connectivity index (χ2n) is 8.85. The molecule has 3 aliphatic rings. The zero-order valence-electron chi connectivity index (χ0n) is 16.3. The van der Waals surface area contributed by atoms with E-state index in [1.54, 1.807) is 0 Å². The van der Waals surface area contributed by atoms with Crippen LogP contribution in [0.25, 0.3) is 0 Å². The lowest BCUT2D eigenvalue weighted by atomic mass is 9.74. The molecule has 0 aromatic rings. The molecule has 0 bridgehead atoms. The van der Waals surface area contributed by atoms with E-state index in [0.29, 0.717) is 37.9 Å². The van der Waals surface area contributed by atoms with Crippen LogP contribution in [-0.4, -0.2) is 25.2 Å². The van der Waals surface area contributed by atoms with E-state index in [1.165, 1.54) is 38.5 Å². The molecule has 0 spiro atoms. The summed E-state index contributed by atoms with van der Waals surface area (Å²) in [6, 6.07) is 0. The molecule has 0 N–H and O–H groups in total. The maximum atomic E-state index is 12.9. The van der Waals surface area contributed by atoms with Gasteiger partial charge in [-0.05, 0) is 50.4 Å². The molecule has 3 fully saturated rings. The minimum absolute atomic E-state index is 0.309. The van der Waals surface area contributed by atoms with Crippen molar-refractivity contribution in [2.45, 2.75) is 96.3 Å². The molecule has 148 valence electrons. The molecule has 3 rings (SSSR count). The highest BCUT2D eigenvalue weighted by atomic mass is 16.6. The molecule has 4 heteroatoms. The minimum atomic E-state index is -1.03. The van der Waals surface area contributed by atoms with Gasteiger partial charge in [-0.15, -0.1) is 0 Å². The maximum Gasteiger partial charge on any atom is 0.323 e. The zero-order valence-corrected chi connectivity index (χ0v) is 16.3. The van der Waals surface area contributed by atoms with E-state index in [9.17, 15) is 9.59 Å². The van der Waals surface area contributed by atoms with Crippen molar-refractivity contribution in [3.63, 3.8) is 0 Å². The first-order valence-electron chi connectivity index (χ1n) is 11.1. The first-order chi connectivity index (χ1) is 12.7. The first kappa shape index (κ1) is 19.7. The van der Waals surface area contributed by atoms with Crippen LogP contribution < -0.4 is 0 Å². The highest BCUT2D eigenvalue weighted by Gasteiger charge is 2.49. The number of hydrogen-bond donors (Lipinski definition) is 0. The lowest BCUT2D eigenvalue weighted by Gasteiger charge is -2.34. The first-order valence-corrected chi connectivity index (χ1v) is 11.1. The van der Waals surface area contributed by atoms with E-state index >= 15 is 0 Å². The summed E-state index contributed by atoms with van der Waals surface area (Å²) in [4.78, 5) is 25.9. The second-order valence-corrected chi connectivity index (χ2v) is 8.85. The molecule has 0 aromatic heterocycles. The van der Waals surface area contributed by atoms with Crippen LogP contribution in [0.3, 0.4) is 0 Å². The number of carbonyl (C=O) groups excluding carboxylic acids is 2. The van der Waals surface area contributed by atoms with Crippen LogP contribution in [0.5, 0.6) is 0 Å². The zero-order chi connectivity index (χ0) is 18.2. The third-order valence-corrected chi connectivity index (χ3v) is 6.84. The molecule has 0 aromatic carbocycles. The molecule has 0 radical (unpaired) electrons. The van der Waals surface area contributed by atoms with Crippen LogP contribution >= 0.6 is 0 Å². The predicted octanol–water partition coefficient (Wildman–Crippen LogP) is 5.18. The Bertz CT molecular complexity index is 419. The van der Waals surface area contributed by atoms with Gasteiger partial charge in [0.15, 0.2) is 5.41 Å². The fourth-order valence-electron chi connectivity index (χ4n) is 5.02. The van der Waals surface area contributed by atoms with Crippen LogP contribution in [0.15, 0.2) is 0 Å². The van der Waals surface area contributed by atoms with Crippen molar-refractivity contribution in [3.05, 3.63) is 0 Å². The van der Waals surface area contributed by atoms with Gasteiger partial charge in [-0.1, -0.05) is 57.8 Å². The Morgan fingerprint density at radius 3 is 1.42 bits per heavy atom. The normalized spacial score (nSPS) is 24.8. The minimum Gasteiger partial charge on any atom is -0.465 e. The van der Waals surface area contributed by atoms with E-state index in [2.05, 4.69) is 0 Å². The molecule has 0 aliphatic heterocycles. The Labute approximate surface area is 158 Å². The standard InChI is InChI=1S/C22H36O4/c23-20(25-16-18-10-4-1-5-11-18)22(14-8-3-9-15-22)21(24)26-17-19-12-6-2-7-13-19/h18-19H,1-17H2. The Morgan fingerprint density at radius 2 is 1.00 bits per heavy atom. The molecule has 0 heterocycles. The van der Waals surface area contributed by atoms with E-state index in [4.69, 9.17) is 9.47 Å². The molecular formula is C22H36O4. The van der Waals surface area contributed by atoms with Crippen LogP contribution in [0.2, 0.25) is 0 Å². The monoisotopic (exact) mass is 364 g/mol. The molecule has 3 saturated carbocycles. The van der Waals surface area contributed by atoms with Gasteiger partial charge in [0.05, 0.1) is 13.2 Å². The van der Waals surface area contributed by atoms with Gasteiger partial charge in [-0.25, -0.2) is 0 Å². The van der Waals surface area contributed by atoms with E-state index in [0.717, 1.165) is 44.9 Å². The highest BCUT2D eigenvalue weighted by Crippen LogP contribution is 2.39. The smallest absolute Gasteiger partial charge is 0.323 e. The predicted molar refractivity (Wildman–Crippen MR) is 101 cm³/mol. The van der Waals surface area contributed by atoms with Gasteiger partial charge in [-0.2, -0.15) is 0 Å². The molecule has 26 heavy (non-hydrogen) atoms. The summed E-state index contributed by atoms with van der Waals surface area (Å²) in [6.45, 7) is 0.965. The third kappa shape index (κ3) is 5.01. The van der Waals surface area contributed by atoms with Gasteiger partial charge >= 0.3 is 11.9 Å². The van der Waals surface area contributed by atoms with Crippen molar-refractivity contribution in [3.8, 4) is 0 Å². The van der Waals surface area contributed by atoms with E-state index in [-0.39, 0.29) is 11.9 Å².